The average Bonchev–Trinajstić information content (AvgIpc) is 2.54. The number of hydrogen-bond donors (Lipinski definition) is 1. The molecule has 1 aromatic heterocycles. The van der Waals surface area contributed by atoms with Crippen molar-refractivity contribution in [3.8, 4) is 11.3 Å². The van der Waals surface area contributed by atoms with Gasteiger partial charge in [0.2, 0.25) is 0 Å². The lowest BCUT2D eigenvalue weighted by Crippen LogP contribution is -2.50. The fourth-order valence-electron chi connectivity index (χ4n) is 2.24. The number of hydrogen-bond acceptors (Lipinski definition) is 3. The van der Waals surface area contributed by atoms with Crippen molar-refractivity contribution in [1.29, 1.82) is 0 Å². The van der Waals surface area contributed by atoms with Crippen molar-refractivity contribution < 1.29 is 14.7 Å². The van der Waals surface area contributed by atoms with E-state index in [9.17, 15) is 14.7 Å². The Hall–Kier alpha value is -2.69. The summed E-state index contributed by atoms with van der Waals surface area (Å²) in [6.07, 6.45) is 1.70. The quantitative estimate of drug-likeness (QED) is 0.942. The molecule has 0 aliphatic carbocycles. The van der Waals surface area contributed by atoms with E-state index in [1.807, 2.05) is 31.2 Å². The molecule has 0 saturated carbocycles. The lowest BCUT2D eigenvalue weighted by atomic mass is 9.96. The number of likely N-dealkylation sites (N-methyl/N-ethyl adjacent to an activating group) is 1. The van der Waals surface area contributed by atoms with Gasteiger partial charge in [0.1, 0.15) is 5.54 Å². The van der Waals surface area contributed by atoms with Gasteiger partial charge in [-0.25, -0.2) is 4.79 Å². The van der Waals surface area contributed by atoms with Crippen LogP contribution in [0.1, 0.15) is 29.8 Å². The summed E-state index contributed by atoms with van der Waals surface area (Å²) in [5.41, 5.74) is 1.61. The molecule has 5 nitrogen and oxygen atoms in total. The molecule has 0 atom stereocenters. The van der Waals surface area contributed by atoms with Crippen LogP contribution in [-0.2, 0) is 4.79 Å². The van der Waals surface area contributed by atoms with Crippen LogP contribution in [-0.4, -0.2) is 39.5 Å². The van der Waals surface area contributed by atoms with Crippen LogP contribution in [0.5, 0.6) is 0 Å². The molecule has 1 aromatic carbocycles. The van der Waals surface area contributed by atoms with Gasteiger partial charge in [0.05, 0.1) is 5.69 Å². The number of carbonyl (C=O) groups is 2. The monoisotopic (exact) mass is 312 g/mol. The van der Waals surface area contributed by atoms with Gasteiger partial charge < -0.3 is 10.0 Å². The maximum Gasteiger partial charge on any atom is 0.329 e. The Kier molecular flexibility index (Phi) is 4.50. The van der Waals surface area contributed by atoms with E-state index in [2.05, 4.69) is 4.98 Å². The van der Waals surface area contributed by atoms with Crippen LogP contribution >= 0.6 is 0 Å². The van der Waals surface area contributed by atoms with Crippen LogP contribution < -0.4 is 0 Å². The van der Waals surface area contributed by atoms with Gasteiger partial charge in [0, 0.05) is 24.4 Å². The first-order chi connectivity index (χ1) is 10.8. The number of carbonyl (C=O) groups excluding carboxylic acids is 1. The molecule has 1 amide bonds. The maximum absolute atomic E-state index is 12.7. The zero-order valence-electron chi connectivity index (χ0n) is 13.7. The molecule has 5 heteroatoms. The Bertz CT molecular complexity index is 739. The van der Waals surface area contributed by atoms with E-state index in [-0.39, 0.29) is 5.91 Å². The molecule has 0 saturated heterocycles. The summed E-state index contributed by atoms with van der Waals surface area (Å²) in [6, 6.07) is 11.0. The molecule has 1 N–H and O–H groups in total. The highest BCUT2D eigenvalue weighted by molar-refractivity contribution is 5.99. The van der Waals surface area contributed by atoms with E-state index in [0.717, 1.165) is 16.8 Å². The fourth-order valence-corrected chi connectivity index (χ4v) is 2.24. The number of nitrogens with zero attached hydrogens (tertiary/aromatic N) is 2. The molecule has 0 aliphatic heterocycles. The van der Waals surface area contributed by atoms with Crippen molar-refractivity contribution in [1.82, 2.24) is 9.88 Å². The summed E-state index contributed by atoms with van der Waals surface area (Å²) in [5.74, 6) is -1.38. The van der Waals surface area contributed by atoms with Gasteiger partial charge in [-0.2, -0.15) is 0 Å². The number of amides is 1. The molecule has 23 heavy (non-hydrogen) atoms. The average molecular weight is 312 g/mol. The van der Waals surface area contributed by atoms with Crippen LogP contribution in [0.25, 0.3) is 11.3 Å². The number of rotatable bonds is 4. The minimum absolute atomic E-state index is 0.326. The number of pyridine rings is 1. The Morgan fingerprint density at radius 3 is 2.39 bits per heavy atom. The molecule has 120 valence electrons. The smallest absolute Gasteiger partial charge is 0.329 e. The van der Waals surface area contributed by atoms with E-state index < -0.39 is 11.5 Å². The predicted molar refractivity (Wildman–Crippen MR) is 88.2 cm³/mol. The van der Waals surface area contributed by atoms with Gasteiger partial charge in [-0.1, -0.05) is 18.2 Å². The second-order valence-corrected chi connectivity index (χ2v) is 5.92. The largest absolute Gasteiger partial charge is 0.480 e. The Balaban J connectivity index is 2.46. The number of carboxylic acid groups (broad SMARTS) is 1. The first-order valence-electron chi connectivity index (χ1n) is 7.29. The standard InChI is InChI=1S/C18H20N2O3/c1-12-13(15-10-5-6-11-19-15)8-7-9-14(12)16(21)20(4)18(2,3)17(22)23/h5-11H,1-4H3,(H,22,23). The number of benzene rings is 1. The van der Waals surface area contributed by atoms with Crippen LogP contribution in [0, 0.1) is 6.92 Å². The number of aliphatic carboxylic acids is 1. The molecule has 0 radical (unpaired) electrons. The highest BCUT2D eigenvalue weighted by Gasteiger charge is 2.36. The zero-order chi connectivity index (χ0) is 17.2. The van der Waals surface area contributed by atoms with Crippen LogP contribution in [0.4, 0.5) is 0 Å². The zero-order valence-corrected chi connectivity index (χ0v) is 13.7. The van der Waals surface area contributed by atoms with E-state index >= 15 is 0 Å². The summed E-state index contributed by atoms with van der Waals surface area (Å²) in [7, 11) is 1.50. The lowest BCUT2D eigenvalue weighted by molar-refractivity contribution is -0.147. The van der Waals surface area contributed by atoms with Crippen molar-refractivity contribution in [2.24, 2.45) is 0 Å². The second kappa shape index (κ2) is 6.20. The Morgan fingerprint density at radius 1 is 1.13 bits per heavy atom. The van der Waals surface area contributed by atoms with Crippen molar-refractivity contribution in [3.63, 3.8) is 0 Å². The van der Waals surface area contributed by atoms with Crippen molar-refractivity contribution in [3.05, 3.63) is 53.7 Å². The predicted octanol–water partition coefficient (Wildman–Crippen LogP) is 2.99. The van der Waals surface area contributed by atoms with Gasteiger partial charge in [-0.15, -0.1) is 0 Å². The third kappa shape index (κ3) is 3.08. The van der Waals surface area contributed by atoms with Crippen molar-refractivity contribution in [2.45, 2.75) is 26.3 Å². The van der Waals surface area contributed by atoms with Gasteiger partial charge in [-0.3, -0.25) is 9.78 Å². The van der Waals surface area contributed by atoms with E-state index in [0.29, 0.717) is 5.56 Å². The molecule has 0 fully saturated rings. The van der Waals surface area contributed by atoms with Gasteiger partial charge in [0.25, 0.3) is 5.91 Å². The molecule has 2 aromatic rings. The van der Waals surface area contributed by atoms with Gasteiger partial charge in [0.15, 0.2) is 0 Å². The molecule has 0 unspecified atom stereocenters. The molecule has 1 heterocycles. The minimum atomic E-state index is -1.29. The first-order valence-corrected chi connectivity index (χ1v) is 7.29. The SMILES string of the molecule is Cc1c(C(=O)N(C)C(C)(C)C(=O)O)cccc1-c1ccccn1. The molecule has 0 bridgehead atoms. The summed E-state index contributed by atoms with van der Waals surface area (Å²) in [6.45, 7) is 4.86. The normalized spacial score (nSPS) is 11.1. The maximum atomic E-state index is 12.7. The number of carboxylic acids is 1. The van der Waals surface area contributed by atoms with Crippen LogP contribution in [0.3, 0.4) is 0 Å². The topological polar surface area (TPSA) is 70.5 Å². The second-order valence-electron chi connectivity index (χ2n) is 5.92. The summed E-state index contributed by atoms with van der Waals surface area (Å²) in [5, 5.41) is 9.31. The Morgan fingerprint density at radius 2 is 1.83 bits per heavy atom. The van der Waals surface area contributed by atoms with Crippen LogP contribution in [0.2, 0.25) is 0 Å². The van der Waals surface area contributed by atoms with Crippen LogP contribution in [0.15, 0.2) is 42.6 Å². The molecular weight excluding hydrogens is 292 g/mol. The summed E-state index contributed by atoms with van der Waals surface area (Å²) >= 11 is 0. The molecule has 0 aliphatic rings. The summed E-state index contributed by atoms with van der Waals surface area (Å²) < 4.78 is 0. The Labute approximate surface area is 135 Å². The molecule has 0 spiro atoms. The fraction of sp³-hybridized carbons (Fsp3) is 0.278. The lowest BCUT2D eigenvalue weighted by Gasteiger charge is -2.32. The van der Waals surface area contributed by atoms with E-state index in [1.165, 1.54) is 25.8 Å². The highest BCUT2D eigenvalue weighted by Crippen LogP contribution is 2.26. The van der Waals surface area contributed by atoms with E-state index in [4.69, 9.17) is 0 Å². The van der Waals surface area contributed by atoms with Gasteiger partial charge in [-0.05, 0) is 44.5 Å². The minimum Gasteiger partial charge on any atom is -0.480 e. The van der Waals surface area contributed by atoms with Gasteiger partial charge >= 0.3 is 5.97 Å². The first kappa shape index (κ1) is 16.7. The summed E-state index contributed by atoms with van der Waals surface area (Å²) in [4.78, 5) is 29.7. The highest BCUT2D eigenvalue weighted by atomic mass is 16.4. The third-order valence-electron chi connectivity index (χ3n) is 4.17. The van der Waals surface area contributed by atoms with E-state index in [1.54, 1.807) is 18.3 Å². The molecular formula is C18H20N2O3. The third-order valence-corrected chi connectivity index (χ3v) is 4.17. The van der Waals surface area contributed by atoms with Crippen molar-refractivity contribution >= 4 is 11.9 Å². The molecule has 2 rings (SSSR count). The van der Waals surface area contributed by atoms with Crippen molar-refractivity contribution in [2.75, 3.05) is 7.05 Å². The number of aromatic nitrogens is 1.